The van der Waals surface area contributed by atoms with Crippen molar-refractivity contribution in [1.82, 2.24) is 5.32 Å². The van der Waals surface area contributed by atoms with Crippen LogP contribution in [0.3, 0.4) is 0 Å². The van der Waals surface area contributed by atoms with Crippen LogP contribution < -0.4 is 5.32 Å². The van der Waals surface area contributed by atoms with E-state index in [1.807, 2.05) is 0 Å². The quantitative estimate of drug-likeness (QED) is 0.725. The summed E-state index contributed by atoms with van der Waals surface area (Å²) in [5.41, 5.74) is -6.15. The molecule has 1 rings (SSSR count). The molecule has 0 aliphatic carbocycles. The summed E-state index contributed by atoms with van der Waals surface area (Å²) in [6.45, 7) is 0.448. The minimum absolute atomic E-state index is 0.136. The number of halogens is 3. The molecule has 1 aromatic carbocycles. The molecule has 112 valence electrons. The van der Waals surface area contributed by atoms with Gasteiger partial charge in [-0.3, -0.25) is 4.79 Å². The number of thioether (sulfide) groups is 1. The lowest BCUT2D eigenvalue weighted by Crippen LogP contribution is -2.43. The highest BCUT2D eigenvalue weighted by Crippen LogP contribution is 2.38. The molecule has 0 fully saturated rings. The first kappa shape index (κ1) is 16.8. The second kappa shape index (κ2) is 6.47. The Morgan fingerprint density at radius 1 is 1.35 bits per heavy atom. The Morgan fingerprint density at radius 3 is 2.50 bits per heavy atom. The topological polar surface area (TPSA) is 69.6 Å². The van der Waals surface area contributed by atoms with Gasteiger partial charge in [0.2, 0.25) is 0 Å². The highest BCUT2D eigenvalue weighted by molar-refractivity contribution is 8.00. The molecular formula is C12H14F3NO3S. The number of hydrogen-bond donors (Lipinski definition) is 3. The molecule has 1 atom stereocenters. The van der Waals surface area contributed by atoms with Gasteiger partial charge in [-0.05, 0) is 30.8 Å². The zero-order valence-corrected chi connectivity index (χ0v) is 11.4. The summed E-state index contributed by atoms with van der Waals surface area (Å²) >= 11 is -0.378. The van der Waals surface area contributed by atoms with Crippen LogP contribution in [-0.2, 0) is 0 Å². The minimum atomic E-state index is -4.49. The molecule has 1 unspecified atom stereocenters. The summed E-state index contributed by atoms with van der Waals surface area (Å²) in [6.07, 6.45) is 0. The third-order valence-corrected chi connectivity index (χ3v) is 3.14. The van der Waals surface area contributed by atoms with E-state index in [4.69, 9.17) is 5.11 Å². The highest BCUT2D eigenvalue weighted by Gasteiger charge is 2.31. The van der Waals surface area contributed by atoms with Crippen LogP contribution >= 0.6 is 11.8 Å². The van der Waals surface area contributed by atoms with Crippen LogP contribution in [0.4, 0.5) is 13.2 Å². The molecule has 0 heterocycles. The molecule has 1 amide bonds. The van der Waals surface area contributed by atoms with Gasteiger partial charge in [0.15, 0.2) is 0 Å². The maximum Gasteiger partial charge on any atom is 0.446 e. The van der Waals surface area contributed by atoms with Gasteiger partial charge in [0, 0.05) is 11.4 Å². The lowest BCUT2D eigenvalue weighted by Gasteiger charge is -2.21. The predicted octanol–water partition coefficient (Wildman–Crippen LogP) is 1.77. The maximum absolute atomic E-state index is 12.4. The smallest absolute Gasteiger partial charge is 0.393 e. The van der Waals surface area contributed by atoms with Gasteiger partial charge in [-0.2, -0.15) is 13.2 Å². The first-order valence-electron chi connectivity index (χ1n) is 5.61. The van der Waals surface area contributed by atoms with Crippen LogP contribution in [0, 0.1) is 0 Å². The number of rotatable bonds is 5. The van der Waals surface area contributed by atoms with E-state index in [0.717, 1.165) is 0 Å². The van der Waals surface area contributed by atoms with Gasteiger partial charge < -0.3 is 15.5 Å². The van der Waals surface area contributed by atoms with E-state index in [9.17, 15) is 23.1 Å². The van der Waals surface area contributed by atoms with Gasteiger partial charge in [-0.15, -0.1) is 0 Å². The first-order chi connectivity index (χ1) is 9.14. The van der Waals surface area contributed by atoms with Crippen molar-refractivity contribution in [3.8, 4) is 0 Å². The largest absolute Gasteiger partial charge is 0.446 e. The van der Waals surface area contributed by atoms with Gasteiger partial charge in [-0.25, -0.2) is 0 Å². The lowest BCUT2D eigenvalue weighted by molar-refractivity contribution is -0.0328. The molecule has 0 saturated carbocycles. The number of carbonyl (C=O) groups is 1. The normalized spacial score (nSPS) is 14.7. The Hall–Kier alpha value is -1.25. The average molecular weight is 309 g/mol. The Bertz CT molecular complexity index is 477. The van der Waals surface area contributed by atoms with Gasteiger partial charge in [0.05, 0.1) is 12.2 Å². The molecular weight excluding hydrogens is 295 g/mol. The van der Waals surface area contributed by atoms with Gasteiger partial charge >= 0.3 is 5.51 Å². The van der Waals surface area contributed by atoms with Crippen LogP contribution in [0.5, 0.6) is 0 Å². The summed E-state index contributed by atoms with van der Waals surface area (Å²) in [7, 11) is 0. The van der Waals surface area contributed by atoms with Crippen molar-refractivity contribution < 1.29 is 28.2 Å². The van der Waals surface area contributed by atoms with Crippen molar-refractivity contribution in [2.24, 2.45) is 0 Å². The van der Waals surface area contributed by atoms with Crippen molar-refractivity contribution in [2.75, 3.05) is 13.2 Å². The fraction of sp³-hybridized carbons (Fsp3) is 0.417. The van der Waals surface area contributed by atoms with Crippen molar-refractivity contribution >= 4 is 17.7 Å². The standard InChI is InChI=1S/C12H14F3NO3S/c1-11(19,7-17)6-16-10(18)8-4-2-3-5-9(8)20-12(13,14)15/h2-5,17,19H,6-7H2,1H3,(H,16,18). The zero-order chi connectivity index (χ0) is 15.4. The second-order valence-corrected chi connectivity index (χ2v) is 5.49. The monoisotopic (exact) mass is 309 g/mol. The van der Waals surface area contributed by atoms with Gasteiger partial charge in [-0.1, -0.05) is 12.1 Å². The Labute approximate surface area is 118 Å². The molecule has 0 bridgehead atoms. The third kappa shape index (κ3) is 5.40. The predicted molar refractivity (Wildman–Crippen MR) is 68.4 cm³/mol. The number of amides is 1. The molecule has 0 aliphatic rings. The molecule has 0 saturated heterocycles. The van der Waals surface area contributed by atoms with Crippen LogP contribution in [0.25, 0.3) is 0 Å². The van der Waals surface area contributed by atoms with E-state index in [0.29, 0.717) is 0 Å². The average Bonchev–Trinajstić information content (AvgIpc) is 2.35. The lowest BCUT2D eigenvalue weighted by atomic mass is 10.1. The summed E-state index contributed by atoms with van der Waals surface area (Å²) in [4.78, 5) is 11.6. The van der Waals surface area contributed by atoms with Crippen LogP contribution in [0.2, 0.25) is 0 Å². The number of benzene rings is 1. The molecule has 4 nitrogen and oxygen atoms in total. The molecule has 1 aromatic rings. The van der Waals surface area contributed by atoms with E-state index in [-0.39, 0.29) is 28.8 Å². The van der Waals surface area contributed by atoms with E-state index < -0.39 is 23.6 Å². The first-order valence-corrected chi connectivity index (χ1v) is 6.42. The van der Waals surface area contributed by atoms with Gasteiger partial charge in [0.25, 0.3) is 5.91 Å². The second-order valence-electron chi connectivity index (χ2n) is 4.38. The molecule has 0 aliphatic heterocycles. The SMILES string of the molecule is CC(O)(CO)CNC(=O)c1ccccc1SC(F)(F)F. The summed E-state index contributed by atoms with van der Waals surface area (Å²) in [5.74, 6) is -0.744. The number of nitrogens with one attached hydrogen (secondary N) is 1. The number of hydrogen-bond acceptors (Lipinski definition) is 4. The molecule has 20 heavy (non-hydrogen) atoms. The molecule has 8 heteroatoms. The number of aliphatic hydroxyl groups excluding tert-OH is 1. The number of aliphatic hydroxyl groups is 2. The van der Waals surface area contributed by atoms with E-state index in [2.05, 4.69) is 5.32 Å². The fourth-order valence-corrected chi connectivity index (χ4v) is 1.96. The maximum atomic E-state index is 12.4. The molecule has 0 aromatic heterocycles. The van der Waals surface area contributed by atoms with E-state index in [1.54, 1.807) is 0 Å². The van der Waals surface area contributed by atoms with Crippen molar-refractivity contribution in [2.45, 2.75) is 22.9 Å². The molecule has 0 radical (unpaired) electrons. The highest BCUT2D eigenvalue weighted by atomic mass is 32.2. The Balaban J connectivity index is 2.83. The van der Waals surface area contributed by atoms with Crippen molar-refractivity contribution in [3.63, 3.8) is 0 Å². The van der Waals surface area contributed by atoms with Gasteiger partial charge in [0.1, 0.15) is 5.60 Å². The third-order valence-electron chi connectivity index (χ3n) is 2.33. The van der Waals surface area contributed by atoms with Crippen LogP contribution in [-0.4, -0.2) is 40.4 Å². The number of alkyl halides is 3. The summed E-state index contributed by atoms with van der Waals surface area (Å²) < 4.78 is 37.1. The van der Waals surface area contributed by atoms with Crippen molar-refractivity contribution in [1.29, 1.82) is 0 Å². The minimum Gasteiger partial charge on any atom is -0.393 e. The fourth-order valence-electron chi connectivity index (χ4n) is 1.29. The Morgan fingerprint density at radius 2 is 1.95 bits per heavy atom. The van der Waals surface area contributed by atoms with Crippen LogP contribution in [0.1, 0.15) is 17.3 Å². The number of carbonyl (C=O) groups excluding carboxylic acids is 1. The van der Waals surface area contributed by atoms with E-state index >= 15 is 0 Å². The molecule has 0 spiro atoms. The van der Waals surface area contributed by atoms with Crippen molar-refractivity contribution in [3.05, 3.63) is 29.8 Å². The Kier molecular flexibility index (Phi) is 5.43. The molecule has 3 N–H and O–H groups in total. The summed E-state index contributed by atoms with van der Waals surface area (Å²) in [6, 6.07) is 5.29. The zero-order valence-electron chi connectivity index (χ0n) is 10.6. The van der Waals surface area contributed by atoms with Crippen LogP contribution in [0.15, 0.2) is 29.2 Å². The summed E-state index contributed by atoms with van der Waals surface area (Å²) in [5, 5.41) is 20.6. The van der Waals surface area contributed by atoms with E-state index in [1.165, 1.54) is 31.2 Å².